The maximum absolute atomic E-state index is 12.1. The SMILES string of the molecule is CCn1ncnc1CC(=O)c1ccc(N)c(Br)c1. The molecule has 0 radical (unpaired) electrons. The standard InChI is InChI=1S/C12H13BrN4O/c1-2-17-12(15-7-16-17)6-11(18)8-3-4-10(14)9(13)5-8/h3-5,7H,2,6,14H2,1H3. The normalized spacial score (nSPS) is 10.6. The van der Waals surface area contributed by atoms with Crippen molar-refractivity contribution in [1.29, 1.82) is 0 Å². The van der Waals surface area contributed by atoms with E-state index >= 15 is 0 Å². The Bertz CT molecular complexity index is 579. The van der Waals surface area contributed by atoms with Crippen LogP contribution in [-0.4, -0.2) is 20.5 Å². The van der Waals surface area contributed by atoms with E-state index < -0.39 is 0 Å². The van der Waals surface area contributed by atoms with E-state index in [1.54, 1.807) is 22.9 Å². The summed E-state index contributed by atoms with van der Waals surface area (Å²) in [5.41, 5.74) is 6.91. The molecule has 6 heteroatoms. The van der Waals surface area contributed by atoms with Crippen LogP contribution in [0.15, 0.2) is 29.0 Å². The van der Waals surface area contributed by atoms with E-state index in [-0.39, 0.29) is 12.2 Å². The lowest BCUT2D eigenvalue weighted by atomic mass is 10.1. The predicted molar refractivity (Wildman–Crippen MR) is 72.3 cm³/mol. The van der Waals surface area contributed by atoms with Gasteiger partial charge in [-0.15, -0.1) is 0 Å². The highest BCUT2D eigenvalue weighted by molar-refractivity contribution is 9.10. The smallest absolute Gasteiger partial charge is 0.170 e. The molecule has 0 spiro atoms. The first-order valence-corrected chi connectivity index (χ1v) is 6.36. The van der Waals surface area contributed by atoms with Gasteiger partial charge in [0.1, 0.15) is 12.2 Å². The summed E-state index contributed by atoms with van der Waals surface area (Å²) in [5.74, 6) is 0.675. The highest BCUT2D eigenvalue weighted by Gasteiger charge is 2.12. The molecule has 5 nitrogen and oxygen atoms in total. The van der Waals surface area contributed by atoms with Crippen molar-refractivity contribution in [3.63, 3.8) is 0 Å². The maximum atomic E-state index is 12.1. The van der Waals surface area contributed by atoms with Crippen molar-refractivity contribution in [3.05, 3.63) is 40.4 Å². The van der Waals surface area contributed by atoms with Crippen LogP contribution in [0.4, 0.5) is 5.69 Å². The number of aryl methyl sites for hydroxylation is 1. The second-order valence-electron chi connectivity index (χ2n) is 3.83. The first kappa shape index (κ1) is 12.8. The van der Waals surface area contributed by atoms with Crippen LogP contribution in [0.25, 0.3) is 0 Å². The van der Waals surface area contributed by atoms with Gasteiger partial charge < -0.3 is 5.73 Å². The molecule has 0 unspecified atom stereocenters. The summed E-state index contributed by atoms with van der Waals surface area (Å²) in [4.78, 5) is 16.2. The molecule has 0 aliphatic rings. The Hall–Kier alpha value is -1.69. The number of halogens is 1. The van der Waals surface area contributed by atoms with Crippen molar-refractivity contribution in [1.82, 2.24) is 14.8 Å². The number of nitrogens with two attached hydrogens (primary N) is 1. The highest BCUT2D eigenvalue weighted by atomic mass is 79.9. The topological polar surface area (TPSA) is 73.8 Å². The minimum atomic E-state index is -0.00148. The molecule has 94 valence electrons. The van der Waals surface area contributed by atoms with Crippen LogP contribution in [-0.2, 0) is 13.0 Å². The molecular formula is C12H13BrN4O. The molecule has 0 saturated carbocycles. The van der Waals surface area contributed by atoms with Gasteiger partial charge in [-0.05, 0) is 41.1 Å². The van der Waals surface area contributed by atoms with Gasteiger partial charge in [0.15, 0.2) is 5.78 Å². The number of hydrogen-bond donors (Lipinski definition) is 1. The quantitative estimate of drug-likeness (QED) is 0.693. The number of benzene rings is 1. The Morgan fingerprint density at radius 1 is 1.50 bits per heavy atom. The van der Waals surface area contributed by atoms with E-state index in [9.17, 15) is 4.79 Å². The van der Waals surface area contributed by atoms with Crippen LogP contribution < -0.4 is 5.73 Å². The van der Waals surface area contributed by atoms with Gasteiger partial charge in [-0.3, -0.25) is 4.79 Å². The van der Waals surface area contributed by atoms with Crippen molar-refractivity contribution in [2.45, 2.75) is 19.9 Å². The van der Waals surface area contributed by atoms with Crippen LogP contribution in [0.3, 0.4) is 0 Å². The minimum absolute atomic E-state index is 0.00148. The van der Waals surface area contributed by atoms with Gasteiger partial charge in [0.2, 0.25) is 0 Å². The van der Waals surface area contributed by atoms with Crippen LogP contribution in [0, 0.1) is 0 Å². The zero-order valence-corrected chi connectivity index (χ0v) is 11.5. The Labute approximate surface area is 113 Å². The number of nitrogen functional groups attached to an aromatic ring is 1. The minimum Gasteiger partial charge on any atom is -0.398 e. The third kappa shape index (κ3) is 2.59. The molecule has 2 aromatic rings. The molecule has 0 fully saturated rings. The molecule has 18 heavy (non-hydrogen) atoms. The highest BCUT2D eigenvalue weighted by Crippen LogP contribution is 2.21. The van der Waals surface area contributed by atoms with E-state index in [4.69, 9.17) is 5.73 Å². The molecule has 0 amide bonds. The Morgan fingerprint density at radius 2 is 2.28 bits per heavy atom. The first-order valence-electron chi connectivity index (χ1n) is 5.56. The fourth-order valence-corrected chi connectivity index (χ4v) is 2.01. The van der Waals surface area contributed by atoms with Gasteiger partial charge in [0.25, 0.3) is 0 Å². The number of aromatic nitrogens is 3. The average molecular weight is 309 g/mol. The molecule has 0 aliphatic heterocycles. The van der Waals surface area contributed by atoms with E-state index in [1.165, 1.54) is 6.33 Å². The van der Waals surface area contributed by atoms with Crippen LogP contribution in [0.2, 0.25) is 0 Å². The fourth-order valence-electron chi connectivity index (χ4n) is 1.64. The van der Waals surface area contributed by atoms with Crippen molar-refractivity contribution in [2.24, 2.45) is 0 Å². The first-order chi connectivity index (χ1) is 8.61. The zero-order chi connectivity index (χ0) is 13.1. The average Bonchev–Trinajstić information content (AvgIpc) is 2.79. The largest absolute Gasteiger partial charge is 0.398 e. The third-order valence-corrected chi connectivity index (χ3v) is 3.32. The molecule has 1 heterocycles. The Balaban J connectivity index is 2.19. The number of hydrogen-bond acceptors (Lipinski definition) is 4. The van der Waals surface area contributed by atoms with Gasteiger partial charge in [-0.2, -0.15) is 5.10 Å². The second-order valence-corrected chi connectivity index (χ2v) is 4.68. The lowest BCUT2D eigenvalue weighted by Gasteiger charge is -2.04. The van der Waals surface area contributed by atoms with E-state index in [0.29, 0.717) is 23.6 Å². The number of carbonyl (C=O) groups excluding carboxylic acids is 1. The van der Waals surface area contributed by atoms with E-state index in [1.807, 2.05) is 6.92 Å². The van der Waals surface area contributed by atoms with Crippen molar-refractivity contribution in [2.75, 3.05) is 5.73 Å². The summed E-state index contributed by atoms with van der Waals surface area (Å²) in [5, 5.41) is 4.04. The van der Waals surface area contributed by atoms with Gasteiger partial charge >= 0.3 is 0 Å². The van der Waals surface area contributed by atoms with Crippen molar-refractivity contribution < 1.29 is 4.79 Å². The van der Waals surface area contributed by atoms with Crippen LogP contribution in [0.1, 0.15) is 23.1 Å². The van der Waals surface area contributed by atoms with E-state index in [2.05, 4.69) is 26.0 Å². The van der Waals surface area contributed by atoms with Crippen LogP contribution >= 0.6 is 15.9 Å². The van der Waals surface area contributed by atoms with Gasteiger partial charge in [0, 0.05) is 22.3 Å². The molecule has 0 bridgehead atoms. The van der Waals surface area contributed by atoms with Crippen molar-refractivity contribution >= 4 is 27.4 Å². The van der Waals surface area contributed by atoms with Crippen LogP contribution in [0.5, 0.6) is 0 Å². The number of carbonyl (C=O) groups is 1. The molecule has 1 aromatic heterocycles. The summed E-state index contributed by atoms with van der Waals surface area (Å²) >= 11 is 3.31. The predicted octanol–water partition coefficient (Wildman–Crippen LogP) is 2.07. The lowest BCUT2D eigenvalue weighted by molar-refractivity contribution is 0.0989. The Kier molecular flexibility index (Phi) is 3.76. The van der Waals surface area contributed by atoms with Gasteiger partial charge in [0.05, 0.1) is 6.42 Å². The summed E-state index contributed by atoms with van der Waals surface area (Å²) in [6, 6.07) is 5.15. The van der Waals surface area contributed by atoms with Gasteiger partial charge in [-0.25, -0.2) is 9.67 Å². The summed E-state index contributed by atoms with van der Waals surface area (Å²) in [6.45, 7) is 2.66. The molecule has 1 aromatic carbocycles. The number of rotatable bonds is 4. The summed E-state index contributed by atoms with van der Waals surface area (Å²) < 4.78 is 2.44. The molecule has 0 aliphatic carbocycles. The Morgan fingerprint density at radius 3 is 2.94 bits per heavy atom. The monoisotopic (exact) mass is 308 g/mol. The molecule has 2 N–H and O–H groups in total. The number of ketones is 1. The fraction of sp³-hybridized carbons (Fsp3) is 0.250. The maximum Gasteiger partial charge on any atom is 0.170 e. The summed E-state index contributed by atoms with van der Waals surface area (Å²) in [6.07, 6.45) is 1.70. The van der Waals surface area contributed by atoms with E-state index in [0.717, 1.165) is 4.47 Å². The number of nitrogens with zero attached hydrogens (tertiary/aromatic N) is 3. The lowest BCUT2D eigenvalue weighted by Crippen LogP contribution is -2.11. The summed E-state index contributed by atoms with van der Waals surface area (Å²) in [7, 11) is 0. The number of Topliss-reactive ketones (excluding diaryl/α,β-unsaturated/α-hetero) is 1. The molecular weight excluding hydrogens is 296 g/mol. The molecule has 0 saturated heterocycles. The third-order valence-electron chi connectivity index (χ3n) is 2.64. The number of anilines is 1. The van der Waals surface area contributed by atoms with Gasteiger partial charge in [-0.1, -0.05) is 0 Å². The zero-order valence-electron chi connectivity index (χ0n) is 9.93. The molecule has 2 rings (SSSR count). The second kappa shape index (κ2) is 5.30. The molecule has 0 atom stereocenters. The van der Waals surface area contributed by atoms with Crippen molar-refractivity contribution in [3.8, 4) is 0 Å².